The predicted molar refractivity (Wildman–Crippen MR) is 59.7 cm³/mol. The van der Waals surface area contributed by atoms with E-state index in [0.717, 1.165) is 12.1 Å². The summed E-state index contributed by atoms with van der Waals surface area (Å²) < 4.78 is 28.5. The molecule has 0 radical (unpaired) electrons. The highest BCUT2D eigenvalue weighted by Crippen LogP contribution is 2.24. The molecule has 88 valence electrons. The number of hydrogen-bond acceptors (Lipinski definition) is 4. The summed E-state index contributed by atoms with van der Waals surface area (Å²) in [5.41, 5.74) is -0.505. The Bertz CT molecular complexity index is 536. The second kappa shape index (κ2) is 4.56. The van der Waals surface area contributed by atoms with Gasteiger partial charge in [0.15, 0.2) is 0 Å². The zero-order valence-corrected chi connectivity index (χ0v) is 9.66. The first-order chi connectivity index (χ1) is 7.35. The van der Waals surface area contributed by atoms with Crippen LogP contribution in [0, 0.1) is 15.9 Å². The maximum absolute atomic E-state index is 13.0. The molecule has 0 aliphatic rings. The Hall–Kier alpha value is -1.50. The number of nitrogens with zero attached hydrogens (tertiary/aromatic N) is 2. The van der Waals surface area contributed by atoms with Crippen LogP contribution in [0.1, 0.15) is 6.92 Å². The van der Waals surface area contributed by atoms with Crippen molar-refractivity contribution in [2.45, 2.75) is 6.92 Å². The van der Waals surface area contributed by atoms with Crippen molar-refractivity contribution in [2.24, 2.45) is 4.36 Å². The Morgan fingerprint density at radius 1 is 1.56 bits per heavy atom. The molecule has 1 aromatic rings. The fourth-order valence-electron chi connectivity index (χ4n) is 0.985. The summed E-state index contributed by atoms with van der Waals surface area (Å²) in [4.78, 5) is 9.63. The van der Waals surface area contributed by atoms with E-state index in [4.69, 9.17) is 0 Å². The van der Waals surface area contributed by atoms with Gasteiger partial charge in [0.25, 0.3) is 0 Å². The monoisotopic (exact) mass is 246 g/mol. The Kier molecular flexibility index (Phi) is 3.58. The molecular formula is C9H11FN2O3S. The second-order valence-corrected chi connectivity index (χ2v) is 5.91. The number of rotatable bonds is 3. The number of halogens is 1. The molecule has 0 bridgehead atoms. The summed E-state index contributed by atoms with van der Waals surface area (Å²) in [6, 6.07) is 3.19. The molecule has 0 saturated carbocycles. The van der Waals surface area contributed by atoms with Gasteiger partial charge in [0.05, 0.1) is 10.6 Å². The lowest BCUT2D eigenvalue weighted by molar-refractivity contribution is -0.387. The summed E-state index contributed by atoms with van der Waals surface area (Å²) >= 11 is 0. The molecule has 0 saturated heterocycles. The van der Waals surface area contributed by atoms with Crippen molar-refractivity contribution in [1.82, 2.24) is 0 Å². The van der Waals surface area contributed by atoms with Gasteiger partial charge in [-0.3, -0.25) is 10.1 Å². The SMILES string of the molecule is CC[S@](C)(=O)=Nc1ccc(F)c([N+](=O)[O-])c1. The number of nitro benzene ring substituents is 1. The fourth-order valence-corrected chi connectivity index (χ4v) is 1.67. The lowest BCUT2D eigenvalue weighted by Gasteiger charge is -2.00. The molecule has 0 aromatic heterocycles. The fraction of sp³-hybridized carbons (Fsp3) is 0.333. The molecular weight excluding hydrogens is 235 g/mol. The first kappa shape index (κ1) is 12.6. The van der Waals surface area contributed by atoms with Crippen molar-refractivity contribution in [3.05, 3.63) is 34.1 Å². The van der Waals surface area contributed by atoms with Crippen molar-refractivity contribution in [3.63, 3.8) is 0 Å². The summed E-state index contributed by atoms with van der Waals surface area (Å²) in [6.07, 6.45) is 1.45. The lowest BCUT2D eigenvalue weighted by Crippen LogP contribution is -1.98. The van der Waals surface area contributed by atoms with E-state index in [0.29, 0.717) is 5.75 Å². The van der Waals surface area contributed by atoms with Gasteiger partial charge in [0.2, 0.25) is 5.82 Å². The highest BCUT2D eigenvalue weighted by Gasteiger charge is 2.14. The van der Waals surface area contributed by atoms with Gasteiger partial charge in [-0.25, -0.2) is 4.21 Å². The quantitative estimate of drug-likeness (QED) is 0.607. The van der Waals surface area contributed by atoms with E-state index < -0.39 is 26.2 Å². The van der Waals surface area contributed by atoms with Crippen molar-refractivity contribution >= 4 is 21.1 Å². The zero-order valence-electron chi connectivity index (χ0n) is 8.84. The Morgan fingerprint density at radius 2 is 2.19 bits per heavy atom. The highest BCUT2D eigenvalue weighted by molar-refractivity contribution is 7.93. The number of benzene rings is 1. The van der Waals surface area contributed by atoms with Crippen LogP contribution in [0.15, 0.2) is 22.6 Å². The average Bonchev–Trinajstić information content (AvgIpc) is 2.20. The van der Waals surface area contributed by atoms with Crippen LogP contribution in [0.2, 0.25) is 0 Å². The van der Waals surface area contributed by atoms with E-state index in [2.05, 4.69) is 4.36 Å². The highest BCUT2D eigenvalue weighted by atomic mass is 32.2. The van der Waals surface area contributed by atoms with E-state index >= 15 is 0 Å². The number of nitro groups is 1. The molecule has 1 aromatic carbocycles. The van der Waals surface area contributed by atoms with Crippen LogP contribution < -0.4 is 0 Å². The summed E-state index contributed by atoms with van der Waals surface area (Å²) in [7, 11) is -2.40. The Labute approximate surface area is 92.6 Å². The van der Waals surface area contributed by atoms with Crippen molar-refractivity contribution in [3.8, 4) is 0 Å². The Morgan fingerprint density at radius 3 is 2.69 bits per heavy atom. The predicted octanol–water partition coefficient (Wildman–Crippen LogP) is 2.48. The van der Waals surface area contributed by atoms with Gasteiger partial charge in [0, 0.05) is 27.8 Å². The third-order valence-electron chi connectivity index (χ3n) is 1.96. The standard InChI is InChI=1S/C9H11FN2O3S/c1-3-16(2,15)11-7-4-5-8(10)9(6-7)12(13)14/h4-6H,3H2,1-2H3/t16-/m0/s1. The van der Waals surface area contributed by atoms with Crippen LogP contribution in [0.3, 0.4) is 0 Å². The first-order valence-electron chi connectivity index (χ1n) is 4.49. The molecule has 0 amide bonds. The van der Waals surface area contributed by atoms with E-state index in [9.17, 15) is 18.7 Å². The molecule has 1 atom stereocenters. The van der Waals surface area contributed by atoms with Gasteiger partial charge in [-0.2, -0.15) is 8.75 Å². The van der Waals surface area contributed by atoms with Crippen molar-refractivity contribution in [2.75, 3.05) is 12.0 Å². The third kappa shape index (κ3) is 2.99. The normalized spacial score (nSPS) is 14.2. The van der Waals surface area contributed by atoms with Crippen molar-refractivity contribution in [1.29, 1.82) is 0 Å². The van der Waals surface area contributed by atoms with Crippen LogP contribution in [0.4, 0.5) is 15.8 Å². The summed E-state index contributed by atoms with van der Waals surface area (Å²) in [5.74, 6) is -0.596. The third-order valence-corrected chi connectivity index (χ3v) is 3.63. The summed E-state index contributed by atoms with van der Waals surface area (Å²) in [5, 5.41) is 10.5. The molecule has 0 N–H and O–H groups in total. The van der Waals surface area contributed by atoms with Gasteiger partial charge in [-0.05, 0) is 12.1 Å². The zero-order chi connectivity index (χ0) is 12.3. The molecule has 7 heteroatoms. The largest absolute Gasteiger partial charge is 0.306 e. The van der Waals surface area contributed by atoms with Crippen LogP contribution in [0.25, 0.3) is 0 Å². The Balaban J connectivity index is 3.30. The maximum Gasteiger partial charge on any atom is 0.306 e. The molecule has 0 aliphatic heterocycles. The van der Waals surface area contributed by atoms with E-state index in [1.165, 1.54) is 12.3 Å². The molecule has 1 rings (SSSR count). The summed E-state index contributed by atoms with van der Waals surface area (Å²) in [6.45, 7) is 1.70. The minimum absolute atomic E-state index is 0.155. The average molecular weight is 246 g/mol. The van der Waals surface area contributed by atoms with Crippen molar-refractivity contribution < 1.29 is 13.5 Å². The van der Waals surface area contributed by atoms with Gasteiger partial charge in [0.1, 0.15) is 0 Å². The molecule has 0 aliphatic carbocycles. The van der Waals surface area contributed by atoms with Gasteiger partial charge < -0.3 is 0 Å². The smallest absolute Gasteiger partial charge is 0.258 e. The van der Waals surface area contributed by atoms with Gasteiger partial charge >= 0.3 is 5.69 Å². The van der Waals surface area contributed by atoms with Crippen LogP contribution in [-0.4, -0.2) is 21.1 Å². The molecule has 16 heavy (non-hydrogen) atoms. The number of hydrogen-bond donors (Lipinski definition) is 0. The first-order valence-corrected chi connectivity index (χ1v) is 6.58. The lowest BCUT2D eigenvalue weighted by atomic mass is 10.3. The van der Waals surface area contributed by atoms with Crippen LogP contribution in [-0.2, 0) is 9.73 Å². The topological polar surface area (TPSA) is 72.6 Å². The van der Waals surface area contributed by atoms with Gasteiger partial charge in [-0.1, -0.05) is 6.92 Å². The maximum atomic E-state index is 13.0. The minimum Gasteiger partial charge on any atom is -0.258 e. The second-order valence-electron chi connectivity index (χ2n) is 3.23. The van der Waals surface area contributed by atoms with E-state index in [1.54, 1.807) is 6.92 Å². The van der Waals surface area contributed by atoms with E-state index in [-0.39, 0.29) is 5.69 Å². The van der Waals surface area contributed by atoms with Gasteiger partial charge in [-0.15, -0.1) is 0 Å². The van der Waals surface area contributed by atoms with Crippen LogP contribution >= 0.6 is 0 Å². The minimum atomic E-state index is -2.40. The molecule has 5 nitrogen and oxygen atoms in total. The van der Waals surface area contributed by atoms with Crippen LogP contribution in [0.5, 0.6) is 0 Å². The molecule has 0 unspecified atom stereocenters. The van der Waals surface area contributed by atoms with E-state index in [1.807, 2.05) is 0 Å². The molecule has 0 spiro atoms. The molecule has 0 fully saturated rings. The molecule has 0 heterocycles.